The third kappa shape index (κ3) is 2.83. The number of rotatable bonds is 3. The maximum atomic E-state index is 12.9. The summed E-state index contributed by atoms with van der Waals surface area (Å²) >= 11 is 0. The van der Waals surface area contributed by atoms with Crippen LogP contribution < -0.4 is 5.32 Å². The first kappa shape index (κ1) is 15.0. The van der Waals surface area contributed by atoms with Gasteiger partial charge < -0.3 is 15.1 Å². The summed E-state index contributed by atoms with van der Waals surface area (Å²) in [5.41, 5.74) is 1.04. The van der Waals surface area contributed by atoms with Gasteiger partial charge in [0.1, 0.15) is 0 Å². The van der Waals surface area contributed by atoms with Gasteiger partial charge in [-0.1, -0.05) is 6.07 Å². The molecule has 1 aromatic heterocycles. The summed E-state index contributed by atoms with van der Waals surface area (Å²) in [6, 6.07) is 3.90. The van der Waals surface area contributed by atoms with Crippen molar-refractivity contribution in [3.05, 3.63) is 30.1 Å². The first-order valence-electron chi connectivity index (χ1n) is 7.89. The molecule has 22 heavy (non-hydrogen) atoms. The highest BCUT2D eigenvalue weighted by Crippen LogP contribution is 2.27. The van der Waals surface area contributed by atoms with Gasteiger partial charge in [0.2, 0.25) is 11.8 Å². The second-order valence-electron chi connectivity index (χ2n) is 5.87. The number of pyridine rings is 1. The van der Waals surface area contributed by atoms with Crippen molar-refractivity contribution in [1.82, 2.24) is 20.1 Å². The first-order chi connectivity index (χ1) is 10.7. The molecule has 0 aromatic carbocycles. The predicted octanol–water partition coefficient (Wildman–Crippen LogP) is 0.423. The fourth-order valence-electron chi connectivity index (χ4n) is 3.32. The number of likely N-dealkylation sites (tertiary alicyclic amines) is 1. The van der Waals surface area contributed by atoms with Crippen molar-refractivity contribution in [3.8, 4) is 0 Å². The lowest BCUT2D eigenvalue weighted by Gasteiger charge is -2.37. The monoisotopic (exact) mass is 302 g/mol. The van der Waals surface area contributed by atoms with Gasteiger partial charge in [-0.05, 0) is 18.6 Å². The standard InChI is InChI=1S/C16H22N4O2/c1-2-19-11-13(8-15(19)21)16(22)20-7-6-18-10-14(20)12-4-3-5-17-9-12/h3-5,9,13-14,18H,2,6-8,10-11H2,1H3. The highest BCUT2D eigenvalue weighted by Gasteiger charge is 2.38. The maximum absolute atomic E-state index is 12.9. The van der Waals surface area contributed by atoms with Gasteiger partial charge in [0.25, 0.3) is 0 Å². The van der Waals surface area contributed by atoms with Crippen molar-refractivity contribution in [2.75, 3.05) is 32.7 Å². The van der Waals surface area contributed by atoms with E-state index >= 15 is 0 Å². The SMILES string of the molecule is CCN1CC(C(=O)N2CCNCC2c2cccnc2)CC1=O. The molecule has 0 radical (unpaired) electrons. The van der Waals surface area contributed by atoms with Gasteiger partial charge in [0.15, 0.2) is 0 Å². The third-order valence-corrected chi connectivity index (χ3v) is 4.54. The van der Waals surface area contributed by atoms with E-state index < -0.39 is 0 Å². The summed E-state index contributed by atoms with van der Waals surface area (Å²) in [6.07, 6.45) is 3.90. The number of aromatic nitrogens is 1. The van der Waals surface area contributed by atoms with Gasteiger partial charge >= 0.3 is 0 Å². The van der Waals surface area contributed by atoms with Crippen LogP contribution in [0.5, 0.6) is 0 Å². The zero-order valence-corrected chi connectivity index (χ0v) is 12.9. The zero-order chi connectivity index (χ0) is 15.5. The molecule has 2 aliphatic rings. The molecule has 6 nitrogen and oxygen atoms in total. The second kappa shape index (κ2) is 6.44. The van der Waals surface area contributed by atoms with E-state index in [2.05, 4.69) is 10.3 Å². The van der Waals surface area contributed by atoms with Crippen LogP contribution in [0.3, 0.4) is 0 Å². The molecule has 2 amide bonds. The number of amides is 2. The van der Waals surface area contributed by atoms with E-state index in [0.29, 0.717) is 26.1 Å². The van der Waals surface area contributed by atoms with E-state index in [1.54, 1.807) is 11.1 Å². The Morgan fingerprint density at radius 1 is 1.50 bits per heavy atom. The zero-order valence-electron chi connectivity index (χ0n) is 12.9. The molecular weight excluding hydrogens is 280 g/mol. The van der Waals surface area contributed by atoms with Crippen LogP contribution in [0.1, 0.15) is 24.9 Å². The fraction of sp³-hybridized carbons (Fsp3) is 0.562. The number of nitrogens with one attached hydrogen (secondary N) is 1. The van der Waals surface area contributed by atoms with Gasteiger partial charge in [-0.2, -0.15) is 0 Å². The molecule has 1 aromatic rings. The van der Waals surface area contributed by atoms with Gasteiger partial charge in [-0.15, -0.1) is 0 Å². The van der Waals surface area contributed by atoms with Crippen molar-refractivity contribution in [1.29, 1.82) is 0 Å². The Hall–Kier alpha value is -1.95. The van der Waals surface area contributed by atoms with Crippen LogP contribution in [0.2, 0.25) is 0 Å². The molecule has 6 heteroatoms. The molecule has 3 rings (SSSR count). The molecule has 0 bridgehead atoms. The number of carbonyl (C=O) groups is 2. The number of nitrogens with zero attached hydrogens (tertiary/aromatic N) is 3. The Labute approximate surface area is 130 Å². The number of carbonyl (C=O) groups excluding carboxylic acids is 2. The topological polar surface area (TPSA) is 65.5 Å². The molecule has 118 valence electrons. The van der Waals surface area contributed by atoms with Crippen LogP contribution in [0.25, 0.3) is 0 Å². The van der Waals surface area contributed by atoms with Gasteiger partial charge in [-0.25, -0.2) is 0 Å². The van der Waals surface area contributed by atoms with Crippen molar-refractivity contribution in [2.45, 2.75) is 19.4 Å². The van der Waals surface area contributed by atoms with Gasteiger partial charge in [-0.3, -0.25) is 14.6 Å². The summed E-state index contributed by atoms with van der Waals surface area (Å²) in [5.74, 6) is -0.0155. The largest absolute Gasteiger partial charge is 0.342 e. The third-order valence-electron chi connectivity index (χ3n) is 4.54. The van der Waals surface area contributed by atoms with Crippen LogP contribution in [0.15, 0.2) is 24.5 Å². The summed E-state index contributed by atoms with van der Waals surface area (Å²) in [7, 11) is 0. The molecular formula is C16H22N4O2. The number of hydrogen-bond donors (Lipinski definition) is 1. The second-order valence-corrected chi connectivity index (χ2v) is 5.87. The molecule has 0 saturated carbocycles. The summed E-state index contributed by atoms with van der Waals surface area (Å²) in [6.45, 7) is 5.38. The summed E-state index contributed by atoms with van der Waals surface area (Å²) < 4.78 is 0. The van der Waals surface area contributed by atoms with E-state index in [9.17, 15) is 9.59 Å². The minimum absolute atomic E-state index is 0.000675. The smallest absolute Gasteiger partial charge is 0.228 e. The van der Waals surface area contributed by atoms with E-state index in [1.807, 2.05) is 30.2 Å². The number of hydrogen-bond acceptors (Lipinski definition) is 4. The minimum atomic E-state index is -0.204. The summed E-state index contributed by atoms with van der Waals surface area (Å²) in [4.78, 5) is 32.6. The molecule has 2 saturated heterocycles. The molecule has 0 aliphatic carbocycles. The lowest BCUT2D eigenvalue weighted by atomic mass is 10.0. The van der Waals surface area contributed by atoms with Crippen molar-refractivity contribution < 1.29 is 9.59 Å². The van der Waals surface area contributed by atoms with Crippen molar-refractivity contribution in [3.63, 3.8) is 0 Å². The van der Waals surface area contributed by atoms with Crippen LogP contribution in [0, 0.1) is 5.92 Å². The Morgan fingerprint density at radius 2 is 2.36 bits per heavy atom. The Bertz CT molecular complexity index is 548. The summed E-state index contributed by atoms with van der Waals surface area (Å²) in [5, 5.41) is 3.34. The normalized spacial score (nSPS) is 25.6. The van der Waals surface area contributed by atoms with E-state index in [-0.39, 0.29) is 23.8 Å². The average molecular weight is 302 g/mol. The minimum Gasteiger partial charge on any atom is -0.342 e. The molecule has 0 spiro atoms. The quantitative estimate of drug-likeness (QED) is 0.879. The molecule has 2 unspecified atom stereocenters. The van der Waals surface area contributed by atoms with Crippen molar-refractivity contribution in [2.24, 2.45) is 5.92 Å². The first-order valence-corrected chi connectivity index (χ1v) is 7.89. The molecule has 2 aliphatic heterocycles. The average Bonchev–Trinajstić information content (AvgIpc) is 2.96. The highest BCUT2D eigenvalue weighted by molar-refractivity contribution is 5.89. The van der Waals surface area contributed by atoms with Crippen LogP contribution >= 0.6 is 0 Å². The van der Waals surface area contributed by atoms with Crippen LogP contribution in [-0.4, -0.2) is 59.3 Å². The fourth-order valence-corrected chi connectivity index (χ4v) is 3.32. The van der Waals surface area contributed by atoms with E-state index in [0.717, 1.165) is 18.7 Å². The molecule has 3 heterocycles. The Kier molecular flexibility index (Phi) is 4.38. The van der Waals surface area contributed by atoms with Gasteiger partial charge in [0.05, 0.1) is 12.0 Å². The maximum Gasteiger partial charge on any atom is 0.228 e. The lowest BCUT2D eigenvalue weighted by molar-refractivity contribution is -0.139. The molecule has 1 N–H and O–H groups in total. The van der Waals surface area contributed by atoms with E-state index in [4.69, 9.17) is 0 Å². The number of piperazine rings is 1. The van der Waals surface area contributed by atoms with Crippen LogP contribution in [0.4, 0.5) is 0 Å². The van der Waals surface area contributed by atoms with Gasteiger partial charge in [0, 0.05) is 51.5 Å². The predicted molar refractivity (Wildman–Crippen MR) is 81.9 cm³/mol. The van der Waals surface area contributed by atoms with Crippen LogP contribution in [-0.2, 0) is 9.59 Å². The Morgan fingerprint density at radius 3 is 3.05 bits per heavy atom. The molecule has 2 fully saturated rings. The van der Waals surface area contributed by atoms with E-state index in [1.165, 1.54) is 0 Å². The lowest BCUT2D eigenvalue weighted by Crippen LogP contribution is -2.50. The molecule has 2 atom stereocenters. The Balaban J connectivity index is 1.76. The highest BCUT2D eigenvalue weighted by atomic mass is 16.2. The van der Waals surface area contributed by atoms with Crippen molar-refractivity contribution >= 4 is 11.8 Å².